The van der Waals surface area contributed by atoms with Crippen molar-refractivity contribution in [1.82, 2.24) is 9.78 Å². The highest BCUT2D eigenvalue weighted by Crippen LogP contribution is 2.17. The molecule has 0 N–H and O–H groups in total. The minimum absolute atomic E-state index is 0.243. The van der Waals surface area contributed by atoms with E-state index in [1.807, 2.05) is 66.7 Å². The number of para-hydroxylation sites is 1. The van der Waals surface area contributed by atoms with Crippen LogP contribution in [0.15, 0.2) is 79.0 Å². The fourth-order valence-electron chi connectivity index (χ4n) is 3.09. The first-order valence-corrected chi connectivity index (χ1v) is 8.92. The summed E-state index contributed by atoms with van der Waals surface area (Å²) in [6.07, 6.45) is 1.46. The number of Topliss-reactive ketones (excluding diaryl/α,β-unsaturated/α-hetero) is 1. The quantitative estimate of drug-likeness (QED) is 0.386. The van der Waals surface area contributed by atoms with Gasteiger partial charge in [-0.25, -0.2) is 9.48 Å². The summed E-state index contributed by atoms with van der Waals surface area (Å²) in [5, 5.41) is 6.28. The number of ketones is 1. The van der Waals surface area contributed by atoms with Crippen molar-refractivity contribution in [2.24, 2.45) is 0 Å². The number of aromatic nitrogens is 2. The first-order valence-electron chi connectivity index (χ1n) is 8.92. The summed E-state index contributed by atoms with van der Waals surface area (Å²) in [5.74, 6) is -0.805. The van der Waals surface area contributed by atoms with E-state index in [0.717, 1.165) is 16.5 Å². The molecule has 0 radical (unpaired) electrons. The average molecular weight is 370 g/mol. The molecule has 0 aliphatic carbocycles. The topological polar surface area (TPSA) is 61.2 Å². The predicted octanol–water partition coefficient (Wildman–Crippen LogP) is 4.37. The molecule has 1 aromatic heterocycles. The van der Waals surface area contributed by atoms with Crippen LogP contribution in [0, 0.1) is 6.92 Å². The van der Waals surface area contributed by atoms with Crippen LogP contribution in [0.3, 0.4) is 0 Å². The van der Waals surface area contributed by atoms with Gasteiger partial charge in [-0.05, 0) is 35.9 Å². The van der Waals surface area contributed by atoms with Gasteiger partial charge >= 0.3 is 5.97 Å². The molecule has 0 aliphatic heterocycles. The lowest BCUT2D eigenvalue weighted by molar-refractivity contribution is 0.0474. The van der Waals surface area contributed by atoms with E-state index in [4.69, 9.17) is 4.74 Å². The third kappa shape index (κ3) is 3.42. The Morgan fingerprint density at radius 3 is 2.43 bits per heavy atom. The van der Waals surface area contributed by atoms with Crippen LogP contribution >= 0.6 is 0 Å². The van der Waals surface area contributed by atoms with Crippen LogP contribution in [0.1, 0.15) is 26.4 Å². The number of carbonyl (C=O) groups excluding carboxylic acids is 2. The summed E-state index contributed by atoms with van der Waals surface area (Å²) in [6, 6.07) is 22.8. The summed E-state index contributed by atoms with van der Waals surface area (Å²) in [6.45, 7) is 1.48. The Labute approximate surface area is 162 Å². The zero-order valence-corrected chi connectivity index (χ0v) is 15.3. The third-order valence-corrected chi connectivity index (χ3v) is 4.64. The standard InChI is InChI=1S/C23H18N2O3/c1-16-21(14-24-25(16)20-9-3-2-4-10-20)23(27)28-15-22(26)19-12-11-17-7-5-6-8-18(17)13-19/h2-14H,15H2,1H3. The monoisotopic (exact) mass is 370 g/mol. The molecule has 4 rings (SSSR count). The van der Waals surface area contributed by atoms with E-state index < -0.39 is 5.97 Å². The minimum Gasteiger partial charge on any atom is -0.454 e. The molecule has 0 saturated heterocycles. The molecule has 0 amide bonds. The Bertz CT molecular complexity index is 1160. The van der Waals surface area contributed by atoms with Gasteiger partial charge in [-0.3, -0.25) is 4.79 Å². The van der Waals surface area contributed by atoms with Crippen LogP contribution < -0.4 is 0 Å². The number of benzene rings is 3. The van der Waals surface area contributed by atoms with Crippen molar-refractivity contribution in [3.05, 3.63) is 95.8 Å². The molecule has 0 aliphatic rings. The van der Waals surface area contributed by atoms with Gasteiger partial charge in [0.1, 0.15) is 5.56 Å². The van der Waals surface area contributed by atoms with E-state index in [0.29, 0.717) is 16.8 Å². The van der Waals surface area contributed by atoms with Gasteiger partial charge in [-0.15, -0.1) is 0 Å². The Morgan fingerprint density at radius 1 is 0.929 bits per heavy atom. The number of hydrogen-bond donors (Lipinski definition) is 0. The largest absolute Gasteiger partial charge is 0.454 e. The van der Waals surface area contributed by atoms with Gasteiger partial charge < -0.3 is 4.74 Å². The molecular weight excluding hydrogens is 352 g/mol. The molecule has 0 unspecified atom stereocenters. The van der Waals surface area contributed by atoms with E-state index >= 15 is 0 Å². The number of carbonyl (C=O) groups is 2. The van der Waals surface area contributed by atoms with Gasteiger partial charge in [-0.1, -0.05) is 54.6 Å². The number of nitrogens with zero attached hydrogens (tertiary/aromatic N) is 2. The molecule has 138 valence electrons. The average Bonchev–Trinajstić information content (AvgIpc) is 3.13. The van der Waals surface area contributed by atoms with Crippen molar-refractivity contribution in [2.45, 2.75) is 6.92 Å². The first-order chi connectivity index (χ1) is 13.6. The molecule has 0 spiro atoms. The molecule has 3 aromatic carbocycles. The number of fused-ring (bicyclic) bond motifs is 1. The second-order valence-electron chi connectivity index (χ2n) is 6.45. The highest BCUT2D eigenvalue weighted by atomic mass is 16.5. The van der Waals surface area contributed by atoms with Crippen LogP contribution in [0.2, 0.25) is 0 Å². The van der Waals surface area contributed by atoms with Gasteiger partial charge in [0.2, 0.25) is 0 Å². The van der Waals surface area contributed by atoms with Gasteiger partial charge in [0.15, 0.2) is 12.4 Å². The lowest BCUT2D eigenvalue weighted by Crippen LogP contribution is -2.15. The van der Waals surface area contributed by atoms with Crippen molar-refractivity contribution in [3.8, 4) is 5.69 Å². The Hall–Kier alpha value is -3.73. The lowest BCUT2D eigenvalue weighted by atomic mass is 10.0. The highest BCUT2D eigenvalue weighted by molar-refractivity contribution is 6.02. The SMILES string of the molecule is Cc1c(C(=O)OCC(=O)c2ccc3ccccc3c2)cnn1-c1ccccc1. The van der Waals surface area contributed by atoms with Gasteiger partial charge in [0.25, 0.3) is 0 Å². The highest BCUT2D eigenvalue weighted by Gasteiger charge is 2.18. The predicted molar refractivity (Wildman–Crippen MR) is 107 cm³/mol. The molecule has 28 heavy (non-hydrogen) atoms. The number of esters is 1. The zero-order chi connectivity index (χ0) is 19.5. The summed E-state index contributed by atoms with van der Waals surface area (Å²) >= 11 is 0. The molecular formula is C23H18N2O3. The Kier molecular flexibility index (Phi) is 4.72. The normalized spacial score (nSPS) is 10.8. The number of ether oxygens (including phenoxy) is 1. The van der Waals surface area contributed by atoms with Gasteiger partial charge in [-0.2, -0.15) is 5.10 Å². The smallest absolute Gasteiger partial charge is 0.342 e. The van der Waals surface area contributed by atoms with Crippen molar-refractivity contribution >= 4 is 22.5 Å². The van der Waals surface area contributed by atoms with Crippen LogP contribution in [0.4, 0.5) is 0 Å². The van der Waals surface area contributed by atoms with E-state index in [1.165, 1.54) is 6.20 Å². The molecule has 5 heteroatoms. The van der Waals surface area contributed by atoms with Crippen LogP contribution in [-0.2, 0) is 4.74 Å². The number of hydrogen-bond acceptors (Lipinski definition) is 4. The van der Waals surface area contributed by atoms with Crippen molar-refractivity contribution < 1.29 is 14.3 Å². The van der Waals surface area contributed by atoms with E-state index in [1.54, 1.807) is 17.7 Å². The Morgan fingerprint density at radius 2 is 1.64 bits per heavy atom. The Balaban J connectivity index is 1.47. The van der Waals surface area contributed by atoms with Crippen LogP contribution in [-0.4, -0.2) is 28.1 Å². The maximum atomic E-state index is 12.4. The number of rotatable bonds is 5. The maximum absolute atomic E-state index is 12.4. The van der Waals surface area contributed by atoms with Crippen LogP contribution in [0.25, 0.3) is 16.5 Å². The lowest BCUT2D eigenvalue weighted by Gasteiger charge is -2.07. The van der Waals surface area contributed by atoms with Gasteiger partial charge in [0.05, 0.1) is 17.6 Å². The zero-order valence-electron chi connectivity index (χ0n) is 15.3. The second kappa shape index (κ2) is 7.48. The molecule has 0 fully saturated rings. The van der Waals surface area contributed by atoms with Crippen molar-refractivity contribution in [2.75, 3.05) is 6.61 Å². The fourth-order valence-corrected chi connectivity index (χ4v) is 3.09. The van der Waals surface area contributed by atoms with Crippen LogP contribution in [0.5, 0.6) is 0 Å². The fraction of sp³-hybridized carbons (Fsp3) is 0.0870. The summed E-state index contributed by atoms with van der Waals surface area (Å²) in [4.78, 5) is 24.9. The van der Waals surface area contributed by atoms with Crippen molar-refractivity contribution in [1.29, 1.82) is 0 Å². The van der Waals surface area contributed by atoms with E-state index in [9.17, 15) is 9.59 Å². The van der Waals surface area contributed by atoms with E-state index in [-0.39, 0.29) is 12.4 Å². The molecule has 5 nitrogen and oxygen atoms in total. The molecule has 0 bridgehead atoms. The molecule has 0 saturated carbocycles. The summed E-state index contributed by atoms with van der Waals surface area (Å²) in [5.41, 5.74) is 2.37. The summed E-state index contributed by atoms with van der Waals surface area (Å²) in [7, 11) is 0. The van der Waals surface area contributed by atoms with E-state index in [2.05, 4.69) is 5.10 Å². The summed E-state index contributed by atoms with van der Waals surface area (Å²) < 4.78 is 6.91. The minimum atomic E-state index is -0.561. The van der Waals surface area contributed by atoms with Crippen molar-refractivity contribution in [3.63, 3.8) is 0 Å². The first kappa shape index (κ1) is 17.7. The maximum Gasteiger partial charge on any atom is 0.342 e. The second-order valence-corrected chi connectivity index (χ2v) is 6.45. The molecule has 0 atom stereocenters. The third-order valence-electron chi connectivity index (χ3n) is 4.64. The van der Waals surface area contributed by atoms with Gasteiger partial charge in [0, 0.05) is 5.56 Å². The molecule has 4 aromatic rings. The molecule has 1 heterocycles.